The summed E-state index contributed by atoms with van der Waals surface area (Å²) in [6, 6.07) is 0. The number of carboxylic acid groups (broad SMARTS) is 4. The average molecular weight is 457 g/mol. The summed E-state index contributed by atoms with van der Waals surface area (Å²) in [5.41, 5.74) is -3.22. The first-order valence-electron chi connectivity index (χ1n) is 7.59. The molecule has 1 aliphatic rings. The van der Waals surface area contributed by atoms with Gasteiger partial charge in [-0.3, -0.25) is 9.59 Å². The number of aliphatic carboxylic acids is 4. The summed E-state index contributed by atoms with van der Waals surface area (Å²) < 4.78 is 0. The predicted molar refractivity (Wildman–Crippen MR) is 101 cm³/mol. The third-order valence-corrected chi connectivity index (χ3v) is 6.38. The Balaban J connectivity index is -0.000000197. The van der Waals surface area contributed by atoms with Crippen molar-refractivity contribution in [2.45, 2.75) is 55.5 Å². The molecular formula is C14H24CaO10S2. The summed E-state index contributed by atoms with van der Waals surface area (Å²) in [6.07, 6.45) is 0.658. The first kappa shape index (κ1) is 29.0. The van der Waals surface area contributed by atoms with Crippen LogP contribution in [-0.2, 0) is 19.2 Å². The van der Waals surface area contributed by atoms with Crippen LogP contribution >= 0.6 is 21.6 Å². The molecule has 0 saturated carbocycles. The van der Waals surface area contributed by atoms with E-state index >= 15 is 0 Å². The van der Waals surface area contributed by atoms with Gasteiger partial charge in [0.2, 0.25) is 5.60 Å². The van der Waals surface area contributed by atoms with Crippen molar-refractivity contribution in [1.82, 2.24) is 0 Å². The summed E-state index contributed by atoms with van der Waals surface area (Å²) in [6.45, 7) is 0. The molecule has 1 fully saturated rings. The number of aliphatic hydroxyl groups excluding tert-OH is 1. The standard InChI is InChI=1S/C8H14O2S2.C6H8O8.Ca.2H/c9-8(10)4-2-1-3-7-5-6-11-12-7;7-2(8)1-6(14,5(12)13)3(9)4(10)11;;;/h7H,1-6H2,(H,9,10);3,9,14H,1H2,(H,7,8)(H,10,11)(H,12,13);;;/q;;+2;2*-1. The Bertz CT molecular complexity index is 523. The van der Waals surface area contributed by atoms with Crippen LogP contribution in [0.5, 0.6) is 0 Å². The van der Waals surface area contributed by atoms with E-state index in [4.69, 9.17) is 30.6 Å². The van der Waals surface area contributed by atoms with E-state index in [9.17, 15) is 19.2 Å². The third kappa shape index (κ3) is 12.0. The maximum absolute atomic E-state index is 10.4. The Morgan fingerprint density at radius 3 is 2.04 bits per heavy atom. The molecular weight excluding hydrogens is 432 g/mol. The van der Waals surface area contributed by atoms with Crippen LogP contribution in [-0.4, -0.2) is 115 Å². The Labute approximate surface area is 196 Å². The van der Waals surface area contributed by atoms with Gasteiger partial charge in [-0.2, -0.15) is 0 Å². The minimum Gasteiger partial charge on any atom is -1.00 e. The maximum Gasteiger partial charge on any atom is 2.00 e. The summed E-state index contributed by atoms with van der Waals surface area (Å²) in [7, 11) is 3.92. The summed E-state index contributed by atoms with van der Waals surface area (Å²) in [4.78, 5) is 40.8. The molecule has 0 aromatic carbocycles. The van der Waals surface area contributed by atoms with Crippen LogP contribution in [0, 0.1) is 0 Å². The van der Waals surface area contributed by atoms with Crippen molar-refractivity contribution in [3.63, 3.8) is 0 Å². The van der Waals surface area contributed by atoms with Gasteiger partial charge in [-0.25, -0.2) is 9.59 Å². The zero-order chi connectivity index (χ0) is 20.3. The number of unbranched alkanes of at least 4 members (excludes halogenated alkanes) is 1. The average Bonchev–Trinajstić information content (AvgIpc) is 3.03. The van der Waals surface area contributed by atoms with Gasteiger partial charge >= 0.3 is 61.6 Å². The van der Waals surface area contributed by atoms with E-state index in [-0.39, 0.29) is 40.6 Å². The van der Waals surface area contributed by atoms with Gasteiger partial charge in [-0.05, 0) is 19.3 Å². The smallest absolute Gasteiger partial charge is 1.00 e. The molecule has 0 amide bonds. The van der Waals surface area contributed by atoms with Crippen LogP contribution in [0.4, 0.5) is 0 Å². The quantitative estimate of drug-likeness (QED) is 0.150. The van der Waals surface area contributed by atoms with Gasteiger partial charge in [0, 0.05) is 17.4 Å². The van der Waals surface area contributed by atoms with E-state index < -0.39 is 42.0 Å². The number of hydrogen-bond acceptors (Lipinski definition) is 8. The molecule has 27 heavy (non-hydrogen) atoms. The topological polar surface area (TPSA) is 190 Å². The Hall–Kier alpha value is -0.240. The molecule has 6 N–H and O–H groups in total. The van der Waals surface area contributed by atoms with Crippen LogP contribution in [0.15, 0.2) is 0 Å². The monoisotopic (exact) mass is 456 g/mol. The van der Waals surface area contributed by atoms with Crippen LogP contribution in [0.2, 0.25) is 0 Å². The Morgan fingerprint density at radius 1 is 1.07 bits per heavy atom. The van der Waals surface area contributed by atoms with Crippen LogP contribution in [0.25, 0.3) is 0 Å². The van der Waals surface area contributed by atoms with Crippen molar-refractivity contribution in [2.24, 2.45) is 0 Å². The minimum absolute atomic E-state index is 0. The molecule has 1 aliphatic heterocycles. The second-order valence-corrected chi connectivity index (χ2v) is 8.30. The van der Waals surface area contributed by atoms with Crippen molar-refractivity contribution < 1.29 is 52.7 Å². The fraction of sp³-hybridized carbons (Fsp3) is 0.714. The maximum atomic E-state index is 10.4. The molecule has 3 unspecified atom stereocenters. The molecule has 1 rings (SSSR count). The van der Waals surface area contributed by atoms with Crippen LogP contribution < -0.4 is 0 Å². The zero-order valence-corrected chi connectivity index (χ0v) is 18.3. The van der Waals surface area contributed by atoms with Crippen molar-refractivity contribution in [3.05, 3.63) is 0 Å². The number of carbonyl (C=O) groups is 4. The molecule has 3 atom stereocenters. The van der Waals surface area contributed by atoms with Crippen LogP contribution in [0.1, 0.15) is 41.4 Å². The molecule has 1 heterocycles. The molecule has 13 heteroatoms. The molecule has 10 nitrogen and oxygen atoms in total. The van der Waals surface area contributed by atoms with Crippen LogP contribution in [0.3, 0.4) is 0 Å². The third-order valence-electron chi connectivity index (χ3n) is 3.37. The van der Waals surface area contributed by atoms with Gasteiger partial charge in [0.05, 0.1) is 6.42 Å². The fourth-order valence-corrected chi connectivity index (χ4v) is 4.96. The van der Waals surface area contributed by atoms with Gasteiger partial charge in [-0.15, -0.1) is 0 Å². The molecule has 0 aromatic heterocycles. The van der Waals surface area contributed by atoms with E-state index in [0.717, 1.165) is 18.1 Å². The Kier molecular flexibility index (Phi) is 15.8. The molecule has 0 aromatic rings. The van der Waals surface area contributed by atoms with Gasteiger partial charge in [0.1, 0.15) is 0 Å². The SMILES string of the molecule is O=C(O)CC(O)(C(=O)O)C(O)C(=O)O.O=C(O)CCCCC1CCSS1.[Ca+2].[H-].[H-]. The van der Waals surface area contributed by atoms with Crippen molar-refractivity contribution in [1.29, 1.82) is 0 Å². The number of hydrogen-bond donors (Lipinski definition) is 6. The summed E-state index contributed by atoms with van der Waals surface area (Å²) in [5.74, 6) is -5.27. The van der Waals surface area contributed by atoms with Crippen molar-refractivity contribution in [2.75, 3.05) is 5.75 Å². The fourth-order valence-electron chi connectivity index (χ4n) is 1.94. The van der Waals surface area contributed by atoms with Gasteiger partial charge in [0.25, 0.3) is 0 Å². The normalized spacial score (nSPS) is 18.8. The first-order valence-corrected chi connectivity index (χ1v) is 9.97. The van der Waals surface area contributed by atoms with Gasteiger partial charge in [-0.1, -0.05) is 28.0 Å². The van der Waals surface area contributed by atoms with E-state index in [1.165, 1.54) is 18.6 Å². The Morgan fingerprint density at radius 2 is 1.67 bits per heavy atom. The number of carboxylic acids is 4. The molecule has 154 valence electrons. The zero-order valence-electron chi connectivity index (χ0n) is 16.4. The minimum atomic E-state index is -3.22. The van der Waals surface area contributed by atoms with Crippen molar-refractivity contribution >= 4 is 83.2 Å². The largest absolute Gasteiger partial charge is 2.00 e. The molecule has 1 saturated heterocycles. The summed E-state index contributed by atoms with van der Waals surface area (Å²) >= 11 is 0. The molecule has 0 aliphatic carbocycles. The molecule has 0 bridgehead atoms. The number of aliphatic hydroxyl groups is 2. The first-order chi connectivity index (χ1) is 12.0. The second-order valence-electron chi connectivity index (χ2n) is 5.51. The van der Waals surface area contributed by atoms with E-state index in [0.29, 0.717) is 6.42 Å². The summed E-state index contributed by atoms with van der Waals surface area (Å²) in [5, 5.41) is 51.8. The van der Waals surface area contributed by atoms with E-state index in [2.05, 4.69) is 0 Å². The van der Waals surface area contributed by atoms with E-state index in [1.807, 2.05) is 21.6 Å². The molecule has 0 spiro atoms. The van der Waals surface area contributed by atoms with E-state index in [1.54, 1.807) is 0 Å². The number of rotatable bonds is 10. The second kappa shape index (κ2) is 14.7. The van der Waals surface area contributed by atoms with Crippen molar-refractivity contribution in [3.8, 4) is 0 Å². The predicted octanol–water partition coefficient (Wildman–Crippen LogP) is 0.352. The van der Waals surface area contributed by atoms with Gasteiger partial charge in [0.15, 0.2) is 6.10 Å². The van der Waals surface area contributed by atoms with Gasteiger partial charge < -0.3 is 33.5 Å². The molecule has 0 radical (unpaired) electrons.